The molecular weight excluding hydrogens is 318 g/mol. The van der Waals surface area contributed by atoms with Crippen LogP contribution in [0.2, 0.25) is 0 Å². The molecule has 1 amide bonds. The van der Waals surface area contributed by atoms with Crippen molar-refractivity contribution in [2.45, 2.75) is 35.8 Å². The van der Waals surface area contributed by atoms with Crippen LogP contribution in [-0.2, 0) is 4.79 Å². The van der Waals surface area contributed by atoms with Crippen molar-refractivity contribution in [3.8, 4) is 0 Å². The molecule has 2 aliphatic rings. The molecule has 1 saturated heterocycles. The number of hydrogen-bond donors (Lipinski definition) is 2. The number of carboxylic acids is 1. The summed E-state index contributed by atoms with van der Waals surface area (Å²) in [6, 6.07) is 7.56. The van der Waals surface area contributed by atoms with Gasteiger partial charge in [-0.2, -0.15) is 0 Å². The van der Waals surface area contributed by atoms with Crippen molar-refractivity contribution in [3.05, 3.63) is 35.4 Å². The highest BCUT2D eigenvalue weighted by molar-refractivity contribution is 8.19. The van der Waals surface area contributed by atoms with Gasteiger partial charge >= 0.3 is 5.97 Å². The van der Waals surface area contributed by atoms with Crippen molar-refractivity contribution in [2.24, 2.45) is 0 Å². The highest BCUT2D eigenvalue weighted by atomic mass is 32.2. The van der Waals surface area contributed by atoms with Gasteiger partial charge in [0.05, 0.1) is 4.58 Å². The molecule has 6 heteroatoms. The average molecular weight is 337 g/mol. The molecule has 1 aliphatic carbocycles. The Labute approximate surface area is 138 Å². The van der Waals surface area contributed by atoms with Crippen molar-refractivity contribution in [3.63, 3.8) is 0 Å². The minimum atomic E-state index is -1.08. The third kappa shape index (κ3) is 3.13. The Morgan fingerprint density at radius 2 is 1.68 bits per heavy atom. The van der Waals surface area contributed by atoms with Crippen LogP contribution < -0.4 is 5.32 Å². The summed E-state index contributed by atoms with van der Waals surface area (Å²) in [5.41, 5.74) is 0.676. The first-order valence-electron chi connectivity index (χ1n) is 7.50. The first-order valence-corrected chi connectivity index (χ1v) is 9.60. The van der Waals surface area contributed by atoms with E-state index in [1.54, 1.807) is 12.1 Å². The van der Waals surface area contributed by atoms with Crippen LogP contribution >= 0.6 is 23.5 Å². The number of benzene rings is 1. The third-order valence-electron chi connectivity index (χ3n) is 4.29. The van der Waals surface area contributed by atoms with Gasteiger partial charge in [-0.25, -0.2) is 4.79 Å². The van der Waals surface area contributed by atoms with Crippen LogP contribution in [0, 0.1) is 0 Å². The molecule has 3 rings (SSSR count). The molecule has 0 radical (unpaired) electrons. The summed E-state index contributed by atoms with van der Waals surface area (Å²) >= 11 is 3.85. The molecular formula is C16H19NO3S2. The summed E-state index contributed by atoms with van der Waals surface area (Å²) < 4.78 is 0.456. The lowest BCUT2D eigenvalue weighted by Gasteiger charge is -2.25. The van der Waals surface area contributed by atoms with Crippen molar-refractivity contribution >= 4 is 35.4 Å². The molecule has 22 heavy (non-hydrogen) atoms. The lowest BCUT2D eigenvalue weighted by molar-refractivity contribution is -0.144. The zero-order chi connectivity index (χ0) is 15.6. The Balaban J connectivity index is 1.70. The van der Waals surface area contributed by atoms with E-state index in [1.165, 1.54) is 17.1 Å². The van der Waals surface area contributed by atoms with Gasteiger partial charge in [0.1, 0.15) is 5.54 Å². The van der Waals surface area contributed by atoms with Gasteiger partial charge in [0.15, 0.2) is 0 Å². The molecule has 2 fully saturated rings. The number of thioether (sulfide) groups is 2. The van der Waals surface area contributed by atoms with E-state index in [0.29, 0.717) is 23.0 Å². The van der Waals surface area contributed by atoms with Crippen LogP contribution in [0.4, 0.5) is 0 Å². The van der Waals surface area contributed by atoms with E-state index in [4.69, 9.17) is 0 Å². The number of nitrogens with one attached hydrogen (secondary N) is 1. The molecule has 0 spiro atoms. The third-order valence-corrected chi connectivity index (χ3v) is 7.39. The quantitative estimate of drug-likeness (QED) is 0.882. The Hall–Kier alpha value is -1.14. The summed E-state index contributed by atoms with van der Waals surface area (Å²) in [7, 11) is 0. The van der Waals surface area contributed by atoms with Gasteiger partial charge in [-0.15, -0.1) is 23.5 Å². The number of carbonyl (C=O) groups is 2. The highest BCUT2D eigenvalue weighted by Gasteiger charge is 2.42. The van der Waals surface area contributed by atoms with Crippen LogP contribution in [0.5, 0.6) is 0 Å². The van der Waals surface area contributed by atoms with E-state index in [2.05, 4.69) is 5.32 Å². The van der Waals surface area contributed by atoms with E-state index in [-0.39, 0.29) is 5.91 Å². The maximum Gasteiger partial charge on any atom is 0.329 e. The topological polar surface area (TPSA) is 66.4 Å². The van der Waals surface area contributed by atoms with E-state index < -0.39 is 11.5 Å². The lowest BCUT2D eigenvalue weighted by Crippen LogP contribution is -2.52. The monoisotopic (exact) mass is 337 g/mol. The summed E-state index contributed by atoms with van der Waals surface area (Å²) in [5.74, 6) is 1.12. The van der Waals surface area contributed by atoms with Crippen molar-refractivity contribution in [1.29, 1.82) is 0 Å². The molecule has 118 valence electrons. The Kier molecular flexibility index (Phi) is 4.68. The number of amides is 1. The second kappa shape index (κ2) is 6.54. The molecule has 1 heterocycles. The van der Waals surface area contributed by atoms with Crippen LogP contribution in [0.1, 0.15) is 46.2 Å². The molecule has 0 atom stereocenters. The molecule has 2 N–H and O–H groups in total. The molecule has 0 bridgehead atoms. The van der Waals surface area contributed by atoms with Crippen LogP contribution in [0.15, 0.2) is 24.3 Å². The number of carbonyl (C=O) groups excluding carboxylic acids is 1. The fraction of sp³-hybridized carbons (Fsp3) is 0.500. The Bertz CT molecular complexity index is 561. The fourth-order valence-electron chi connectivity index (χ4n) is 3.00. The molecule has 1 saturated carbocycles. The summed E-state index contributed by atoms with van der Waals surface area (Å²) in [5, 5.41) is 12.2. The van der Waals surface area contributed by atoms with Crippen molar-refractivity contribution in [2.75, 3.05) is 11.5 Å². The van der Waals surface area contributed by atoms with Gasteiger partial charge in [-0.05, 0) is 30.5 Å². The predicted octanol–water partition coefficient (Wildman–Crippen LogP) is 3.29. The Morgan fingerprint density at radius 3 is 2.23 bits per heavy atom. The van der Waals surface area contributed by atoms with Gasteiger partial charge in [0.2, 0.25) is 0 Å². The normalized spacial score (nSPS) is 20.9. The van der Waals surface area contributed by atoms with Gasteiger partial charge in [-0.3, -0.25) is 4.79 Å². The minimum absolute atomic E-state index is 0.289. The largest absolute Gasteiger partial charge is 0.480 e. The van der Waals surface area contributed by atoms with Gasteiger partial charge in [0, 0.05) is 17.1 Å². The van der Waals surface area contributed by atoms with E-state index >= 15 is 0 Å². The smallest absolute Gasteiger partial charge is 0.329 e. The second-order valence-corrected chi connectivity index (χ2v) is 8.47. The SMILES string of the molecule is O=C(NC1(C(=O)O)CCCC1)c1ccc(C2SCCS2)cc1. The minimum Gasteiger partial charge on any atom is -0.480 e. The first-order chi connectivity index (χ1) is 10.6. The number of rotatable bonds is 4. The number of aliphatic carboxylic acids is 1. The van der Waals surface area contributed by atoms with Gasteiger partial charge < -0.3 is 10.4 Å². The van der Waals surface area contributed by atoms with Crippen molar-refractivity contribution < 1.29 is 14.7 Å². The lowest BCUT2D eigenvalue weighted by atomic mass is 9.97. The maximum atomic E-state index is 12.4. The molecule has 0 aromatic heterocycles. The Morgan fingerprint density at radius 1 is 1.09 bits per heavy atom. The number of carboxylic acid groups (broad SMARTS) is 1. The zero-order valence-electron chi connectivity index (χ0n) is 12.2. The molecule has 0 unspecified atom stereocenters. The van der Waals surface area contributed by atoms with Gasteiger partial charge in [-0.1, -0.05) is 25.0 Å². The first kappa shape index (κ1) is 15.7. The molecule has 1 aromatic rings. The van der Waals surface area contributed by atoms with Crippen LogP contribution in [-0.4, -0.2) is 34.0 Å². The highest BCUT2D eigenvalue weighted by Crippen LogP contribution is 2.45. The van der Waals surface area contributed by atoms with E-state index in [1.807, 2.05) is 35.7 Å². The standard InChI is InChI=1S/C16H19NO3S2/c18-13(17-16(15(19)20)7-1-2-8-16)11-3-5-12(6-4-11)14-21-9-10-22-14/h3-6,14H,1-2,7-10H2,(H,17,18)(H,19,20). The maximum absolute atomic E-state index is 12.4. The second-order valence-electron chi connectivity index (χ2n) is 5.74. The van der Waals surface area contributed by atoms with E-state index in [9.17, 15) is 14.7 Å². The van der Waals surface area contributed by atoms with Gasteiger partial charge in [0.25, 0.3) is 5.91 Å². The molecule has 1 aliphatic heterocycles. The summed E-state index contributed by atoms with van der Waals surface area (Å²) in [6.07, 6.45) is 2.73. The molecule has 4 nitrogen and oxygen atoms in total. The van der Waals surface area contributed by atoms with E-state index in [0.717, 1.165) is 12.8 Å². The van der Waals surface area contributed by atoms with Crippen molar-refractivity contribution in [1.82, 2.24) is 5.32 Å². The number of hydrogen-bond acceptors (Lipinski definition) is 4. The fourth-order valence-corrected chi connectivity index (χ4v) is 5.86. The van der Waals surface area contributed by atoms with Crippen LogP contribution in [0.25, 0.3) is 0 Å². The summed E-state index contributed by atoms with van der Waals surface area (Å²) in [6.45, 7) is 0. The predicted molar refractivity (Wildman–Crippen MR) is 90.4 cm³/mol. The zero-order valence-corrected chi connectivity index (χ0v) is 13.8. The van der Waals surface area contributed by atoms with Crippen LogP contribution in [0.3, 0.4) is 0 Å². The average Bonchev–Trinajstić information content (AvgIpc) is 3.19. The summed E-state index contributed by atoms with van der Waals surface area (Å²) in [4.78, 5) is 23.9. The molecule has 1 aromatic carbocycles.